The maximum Gasteiger partial charge on any atom is 0.339 e. The maximum absolute atomic E-state index is 11.0. The van der Waals surface area contributed by atoms with Crippen LogP contribution in [0.5, 0.6) is 0 Å². The number of aryl methyl sites for hydroxylation is 1. The molecule has 1 heterocycles. The average Bonchev–Trinajstić information content (AvgIpc) is 2.41. The van der Waals surface area contributed by atoms with Gasteiger partial charge in [0.05, 0.1) is 30.6 Å². The molecule has 0 saturated carbocycles. The van der Waals surface area contributed by atoms with Gasteiger partial charge in [-0.2, -0.15) is 5.10 Å². The highest BCUT2D eigenvalue weighted by atomic mass is 16.5. The Balaban J connectivity index is 2.75. The fourth-order valence-corrected chi connectivity index (χ4v) is 1.60. The molecule has 0 spiro atoms. The minimum Gasteiger partial charge on any atom is -0.478 e. The summed E-state index contributed by atoms with van der Waals surface area (Å²) in [6, 6.07) is 0. The first-order valence-electron chi connectivity index (χ1n) is 5.32. The first-order chi connectivity index (χ1) is 7.43. The lowest BCUT2D eigenvalue weighted by Gasteiger charge is -2.08. The molecule has 0 fully saturated rings. The van der Waals surface area contributed by atoms with E-state index in [1.165, 1.54) is 0 Å². The number of carboxylic acids is 1. The molecule has 0 radical (unpaired) electrons. The fraction of sp³-hybridized carbons (Fsp3) is 0.636. The van der Waals surface area contributed by atoms with Crippen molar-refractivity contribution in [2.75, 3.05) is 6.61 Å². The van der Waals surface area contributed by atoms with E-state index in [4.69, 9.17) is 9.84 Å². The third kappa shape index (κ3) is 2.82. The van der Waals surface area contributed by atoms with E-state index in [0.29, 0.717) is 30.1 Å². The first kappa shape index (κ1) is 12.7. The minimum absolute atomic E-state index is 0.177. The molecular formula is C11H18N2O3. The molecule has 1 rings (SSSR count). The van der Waals surface area contributed by atoms with Gasteiger partial charge in [-0.15, -0.1) is 0 Å². The van der Waals surface area contributed by atoms with Gasteiger partial charge in [0.1, 0.15) is 5.56 Å². The number of ether oxygens (including phenoxy) is 1. The Morgan fingerprint density at radius 2 is 2.12 bits per heavy atom. The number of hydrogen-bond donors (Lipinski definition) is 1. The smallest absolute Gasteiger partial charge is 0.339 e. The van der Waals surface area contributed by atoms with E-state index >= 15 is 0 Å². The number of aromatic carboxylic acids is 1. The summed E-state index contributed by atoms with van der Waals surface area (Å²) in [4.78, 5) is 11.0. The van der Waals surface area contributed by atoms with Gasteiger partial charge >= 0.3 is 5.97 Å². The van der Waals surface area contributed by atoms with Crippen LogP contribution in [0.15, 0.2) is 0 Å². The second-order valence-electron chi connectivity index (χ2n) is 3.99. The van der Waals surface area contributed by atoms with Crippen LogP contribution in [0.4, 0.5) is 0 Å². The van der Waals surface area contributed by atoms with Crippen LogP contribution in [-0.4, -0.2) is 33.6 Å². The Bertz CT molecular complexity index is 383. The van der Waals surface area contributed by atoms with Gasteiger partial charge in [-0.25, -0.2) is 4.79 Å². The molecular weight excluding hydrogens is 208 g/mol. The zero-order valence-electron chi connectivity index (χ0n) is 10.1. The number of rotatable bonds is 5. The molecule has 5 nitrogen and oxygen atoms in total. The van der Waals surface area contributed by atoms with Gasteiger partial charge in [0.25, 0.3) is 0 Å². The van der Waals surface area contributed by atoms with Gasteiger partial charge in [0, 0.05) is 0 Å². The molecule has 5 heteroatoms. The summed E-state index contributed by atoms with van der Waals surface area (Å²) in [7, 11) is 0. The van der Waals surface area contributed by atoms with Gasteiger partial charge in [-0.3, -0.25) is 4.68 Å². The van der Waals surface area contributed by atoms with Crippen molar-refractivity contribution in [2.24, 2.45) is 0 Å². The van der Waals surface area contributed by atoms with Crippen molar-refractivity contribution in [3.05, 3.63) is 17.0 Å². The van der Waals surface area contributed by atoms with E-state index < -0.39 is 5.97 Å². The molecule has 0 bridgehead atoms. The van der Waals surface area contributed by atoms with Crippen LogP contribution in [0.1, 0.15) is 35.6 Å². The van der Waals surface area contributed by atoms with Crippen LogP contribution < -0.4 is 0 Å². The summed E-state index contributed by atoms with van der Waals surface area (Å²) >= 11 is 0. The average molecular weight is 226 g/mol. The molecule has 0 amide bonds. The molecule has 0 atom stereocenters. The minimum atomic E-state index is -0.925. The normalized spacial score (nSPS) is 11.1. The van der Waals surface area contributed by atoms with E-state index in [2.05, 4.69) is 5.10 Å². The lowest BCUT2D eigenvalue weighted by molar-refractivity contribution is 0.0684. The Morgan fingerprint density at radius 3 is 2.56 bits per heavy atom. The number of aromatic nitrogens is 2. The zero-order valence-corrected chi connectivity index (χ0v) is 10.1. The Hall–Kier alpha value is -1.36. The van der Waals surface area contributed by atoms with Crippen LogP contribution in [0.25, 0.3) is 0 Å². The van der Waals surface area contributed by atoms with Crippen LogP contribution in [0.3, 0.4) is 0 Å². The summed E-state index contributed by atoms with van der Waals surface area (Å²) in [5.74, 6) is -0.925. The SMILES string of the molecule is Cc1nn(CCOC(C)C)c(C)c1C(=O)O. The van der Waals surface area contributed by atoms with Crippen LogP contribution in [-0.2, 0) is 11.3 Å². The highest BCUT2D eigenvalue weighted by Gasteiger charge is 2.17. The molecule has 1 aromatic rings. The quantitative estimate of drug-likeness (QED) is 0.828. The van der Waals surface area contributed by atoms with E-state index in [0.717, 1.165) is 0 Å². The van der Waals surface area contributed by atoms with Crippen molar-refractivity contribution in [3.63, 3.8) is 0 Å². The Labute approximate surface area is 95.0 Å². The van der Waals surface area contributed by atoms with E-state index in [1.54, 1.807) is 18.5 Å². The Morgan fingerprint density at radius 1 is 1.50 bits per heavy atom. The molecule has 0 aliphatic carbocycles. The van der Waals surface area contributed by atoms with Gasteiger partial charge in [-0.05, 0) is 27.7 Å². The predicted molar refractivity (Wildman–Crippen MR) is 59.7 cm³/mol. The van der Waals surface area contributed by atoms with Crippen molar-refractivity contribution in [2.45, 2.75) is 40.3 Å². The second-order valence-corrected chi connectivity index (χ2v) is 3.99. The fourth-order valence-electron chi connectivity index (χ4n) is 1.60. The summed E-state index contributed by atoms with van der Waals surface area (Å²) < 4.78 is 7.08. The highest BCUT2D eigenvalue weighted by Crippen LogP contribution is 2.12. The first-order valence-corrected chi connectivity index (χ1v) is 5.32. The van der Waals surface area contributed by atoms with Crippen molar-refractivity contribution < 1.29 is 14.6 Å². The number of carbonyl (C=O) groups is 1. The molecule has 16 heavy (non-hydrogen) atoms. The molecule has 0 aliphatic heterocycles. The van der Waals surface area contributed by atoms with Gasteiger partial charge in [0.15, 0.2) is 0 Å². The summed E-state index contributed by atoms with van der Waals surface area (Å²) in [5.41, 5.74) is 1.52. The van der Waals surface area contributed by atoms with E-state index in [9.17, 15) is 4.79 Å². The molecule has 90 valence electrons. The topological polar surface area (TPSA) is 64.4 Å². The van der Waals surface area contributed by atoms with Gasteiger partial charge in [-0.1, -0.05) is 0 Å². The molecule has 0 saturated heterocycles. The summed E-state index contributed by atoms with van der Waals surface area (Å²) in [6.45, 7) is 8.51. The maximum atomic E-state index is 11.0. The molecule has 0 aromatic carbocycles. The van der Waals surface area contributed by atoms with Crippen LogP contribution in [0, 0.1) is 13.8 Å². The standard InChI is InChI=1S/C11H18N2O3/c1-7(2)16-6-5-13-9(4)10(11(14)15)8(3)12-13/h7H,5-6H2,1-4H3,(H,14,15). The number of nitrogens with zero attached hydrogens (tertiary/aromatic N) is 2. The van der Waals surface area contributed by atoms with Gasteiger partial charge < -0.3 is 9.84 Å². The highest BCUT2D eigenvalue weighted by molar-refractivity contribution is 5.90. The number of carboxylic acid groups (broad SMARTS) is 1. The van der Waals surface area contributed by atoms with Crippen molar-refractivity contribution in [1.29, 1.82) is 0 Å². The lowest BCUT2D eigenvalue weighted by atomic mass is 10.2. The summed E-state index contributed by atoms with van der Waals surface area (Å²) in [5, 5.41) is 13.2. The second kappa shape index (κ2) is 5.12. The molecule has 0 aliphatic rings. The number of hydrogen-bond acceptors (Lipinski definition) is 3. The van der Waals surface area contributed by atoms with E-state index in [1.807, 2.05) is 13.8 Å². The zero-order chi connectivity index (χ0) is 12.3. The largest absolute Gasteiger partial charge is 0.478 e. The molecule has 1 aromatic heterocycles. The van der Waals surface area contributed by atoms with Crippen molar-refractivity contribution in [1.82, 2.24) is 9.78 Å². The third-order valence-electron chi connectivity index (χ3n) is 2.35. The van der Waals surface area contributed by atoms with Crippen LogP contribution in [0.2, 0.25) is 0 Å². The molecule has 1 N–H and O–H groups in total. The van der Waals surface area contributed by atoms with Gasteiger partial charge in [0.2, 0.25) is 0 Å². The van der Waals surface area contributed by atoms with E-state index in [-0.39, 0.29) is 6.10 Å². The molecule has 0 unspecified atom stereocenters. The summed E-state index contributed by atoms with van der Waals surface area (Å²) in [6.07, 6.45) is 0.177. The lowest BCUT2D eigenvalue weighted by Crippen LogP contribution is -2.13. The van der Waals surface area contributed by atoms with Crippen molar-refractivity contribution in [3.8, 4) is 0 Å². The van der Waals surface area contributed by atoms with Crippen molar-refractivity contribution >= 4 is 5.97 Å². The third-order valence-corrected chi connectivity index (χ3v) is 2.35. The predicted octanol–water partition coefficient (Wildman–Crippen LogP) is 1.62. The van der Waals surface area contributed by atoms with Crippen LogP contribution >= 0.6 is 0 Å². The Kier molecular flexibility index (Phi) is 4.06. The monoisotopic (exact) mass is 226 g/mol.